The maximum atomic E-state index is 6.12. The maximum absolute atomic E-state index is 6.12. The van der Waals surface area contributed by atoms with Crippen molar-refractivity contribution in [2.75, 3.05) is 6.54 Å². The van der Waals surface area contributed by atoms with E-state index in [-0.39, 0.29) is 11.5 Å². The van der Waals surface area contributed by atoms with Gasteiger partial charge in [0.15, 0.2) is 0 Å². The van der Waals surface area contributed by atoms with E-state index in [0.29, 0.717) is 16.1 Å². The van der Waals surface area contributed by atoms with E-state index in [9.17, 15) is 0 Å². The Morgan fingerprint density at radius 3 is 2.45 bits per heavy atom. The van der Waals surface area contributed by atoms with Crippen LogP contribution in [-0.2, 0) is 0 Å². The van der Waals surface area contributed by atoms with Gasteiger partial charge in [0.25, 0.3) is 0 Å². The van der Waals surface area contributed by atoms with Gasteiger partial charge in [-0.2, -0.15) is 0 Å². The molecule has 112 valence electrons. The SMILES string of the molecule is CCCNC1CC(Oc2cc(Cl)cc(Cl)c2)C1(C)CC. The first-order valence-corrected chi connectivity index (χ1v) is 8.11. The molecule has 0 spiro atoms. The van der Waals surface area contributed by atoms with Gasteiger partial charge in [-0.1, -0.05) is 44.0 Å². The molecular weight excluding hydrogens is 293 g/mol. The van der Waals surface area contributed by atoms with Crippen LogP contribution in [0.2, 0.25) is 10.0 Å². The molecule has 1 aliphatic carbocycles. The fourth-order valence-corrected chi connectivity index (χ4v) is 3.38. The molecule has 20 heavy (non-hydrogen) atoms. The van der Waals surface area contributed by atoms with Gasteiger partial charge in [0, 0.05) is 27.9 Å². The van der Waals surface area contributed by atoms with Crippen molar-refractivity contribution in [3.8, 4) is 5.75 Å². The molecule has 0 bridgehead atoms. The lowest BCUT2D eigenvalue weighted by molar-refractivity contribution is -0.0701. The van der Waals surface area contributed by atoms with Crippen LogP contribution in [0.3, 0.4) is 0 Å². The second kappa shape index (κ2) is 6.55. The Hall–Kier alpha value is -0.440. The third-order valence-electron chi connectivity index (χ3n) is 4.50. The van der Waals surface area contributed by atoms with Crippen LogP contribution in [0.4, 0.5) is 0 Å². The average molecular weight is 316 g/mol. The summed E-state index contributed by atoms with van der Waals surface area (Å²) in [6.07, 6.45) is 3.50. The number of halogens is 2. The highest BCUT2D eigenvalue weighted by Gasteiger charge is 2.51. The first-order valence-electron chi connectivity index (χ1n) is 7.35. The Kier molecular flexibility index (Phi) is 5.22. The van der Waals surface area contributed by atoms with Crippen molar-refractivity contribution in [1.82, 2.24) is 5.32 Å². The topological polar surface area (TPSA) is 21.3 Å². The molecule has 1 aromatic carbocycles. The van der Waals surface area contributed by atoms with Gasteiger partial charge in [0.1, 0.15) is 11.9 Å². The van der Waals surface area contributed by atoms with Crippen LogP contribution in [0.1, 0.15) is 40.0 Å². The van der Waals surface area contributed by atoms with Crippen LogP contribution in [0.15, 0.2) is 18.2 Å². The summed E-state index contributed by atoms with van der Waals surface area (Å²) < 4.78 is 6.12. The number of hydrogen-bond donors (Lipinski definition) is 1. The minimum absolute atomic E-state index is 0.171. The van der Waals surface area contributed by atoms with Gasteiger partial charge in [0.2, 0.25) is 0 Å². The van der Waals surface area contributed by atoms with Gasteiger partial charge < -0.3 is 10.1 Å². The van der Waals surface area contributed by atoms with E-state index in [0.717, 1.165) is 31.6 Å². The van der Waals surface area contributed by atoms with E-state index >= 15 is 0 Å². The Bertz CT molecular complexity index is 446. The standard InChI is InChI=1S/C16H23Cl2NO/c1-4-6-19-14-10-15(16(14,3)5-2)20-13-8-11(17)7-12(18)9-13/h7-9,14-15,19H,4-6,10H2,1-3H3. The first-order chi connectivity index (χ1) is 9.49. The maximum Gasteiger partial charge on any atom is 0.122 e. The molecule has 2 nitrogen and oxygen atoms in total. The molecule has 4 heteroatoms. The van der Waals surface area contributed by atoms with Crippen molar-refractivity contribution in [3.05, 3.63) is 28.2 Å². The fourth-order valence-electron chi connectivity index (χ4n) is 2.87. The zero-order valence-corrected chi connectivity index (χ0v) is 13.9. The predicted octanol–water partition coefficient (Wildman–Crippen LogP) is 4.93. The van der Waals surface area contributed by atoms with Crippen molar-refractivity contribution < 1.29 is 4.74 Å². The first kappa shape index (κ1) is 15.9. The minimum atomic E-state index is 0.171. The van der Waals surface area contributed by atoms with Crippen molar-refractivity contribution in [2.24, 2.45) is 5.41 Å². The van der Waals surface area contributed by atoms with Crippen LogP contribution in [-0.4, -0.2) is 18.7 Å². The Labute approximate surface area is 131 Å². The lowest BCUT2D eigenvalue weighted by atomic mass is 9.61. The Balaban J connectivity index is 2.03. The van der Waals surface area contributed by atoms with Gasteiger partial charge in [-0.15, -0.1) is 0 Å². The molecule has 1 aromatic rings. The summed E-state index contributed by atoms with van der Waals surface area (Å²) in [6, 6.07) is 5.92. The highest BCUT2D eigenvalue weighted by Crippen LogP contribution is 2.46. The molecule has 0 saturated heterocycles. The molecule has 0 amide bonds. The molecule has 1 aliphatic rings. The molecule has 0 radical (unpaired) electrons. The monoisotopic (exact) mass is 315 g/mol. The molecular formula is C16H23Cl2NO. The van der Waals surface area contributed by atoms with Crippen molar-refractivity contribution in [3.63, 3.8) is 0 Å². The van der Waals surface area contributed by atoms with Crippen molar-refractivity contribution in [2.45, 2.75) is 52.2 Å². The molecule has 3 unspecified atom stereocenters. The molecule has 0 heterocycles. The third kappa shape index (κ3) is 3.24. The number of ether oxygens (including phenoxy) is 1. The zero-order chi connectivity index (χ0) is 14.8. The van der Waals surface area contributed by atoms with Gasteiger partial charge in [0.05, 0.1) is 0 Å². The summed E-state index contributed by atoms with van der Waals surface area (Å²) in [4.78, 5) is 0. The van der Waals surface area contributed by atoms with Crippen molar-refractivity contribution in [1.29, 1.82) is 0 Å². The molecule has 1 saturated carbocycles. The summed E-state index contributed by atoms with van der Waals surface area (Å²) in [5.41, 5.74) is 0.171. The molecule has 1 fully saturated rings. The summed E-state index contributed by atoms with van der Waals surface area (Å²) in [5, 5.41) is 4.85. The van der Waals surface area contributed by atoms with Crippen LogP contribution >= 0.6 is 23.2 Å². The van der Waals surface area contributed by atoms with E-state index in [1.165, 1.54) is 0 Å². The third-order valence-corrected chi connectivity index (χ3v) is 4.93. The van der Waals surface area contributed by atoms with E-state index in [4.69, 9.17) is 27.9 Å². The smallest absolute Gasteiger partial charge is 0.122 e. The predicted molar refractivity (Wildman–Crippen MR) is 86.0 cm³/mol. The summed E-state index contributed by atoms with van der Waals surface area (Å²) >= 11 is 12.0. The van der Waals surface area contributed by atoms with Crippen molar-refractivity contribution >= 4 is 23.2 Å². The van der Waals surface area contributed by atoms with Gasteiger partial charge in [-0.3, -0.25) is 0 Å². The number of hydrogen-bond acceptors (Lipinski definition) is 2. The second-order valence-electron chi connectivity index (χ2n) is 5.81. The number of benzene rings is 1. The van der Waals surface area contributed by atoms with Gasteiger partial charge in [-0.25, -0.2) is 0 Å². The lowest BCUT2D eigenvalue weighted by Gasteiger charge is -2.53. The largest absolute Gasteiger partial charge is 0.490 e. The van der Waals surface area contributed by atoms with E-state index in [1.807, 2.05) is 12.1 Å². The summed E-state index contributed by atoms with van der Waals surface area (Å²) in [7, 11) is 0. The van der Waals surface area contributed by atoms with Crippen LogP contribution in [0, 0.1) is 5.41 Å². The van der Waals surface area contributed by atoms with Crippen LogP contribution in [0.25, 0.3) is 0 Å². The molecule has 0 aromatic heterocycles. The summed E-state index contributed by atoms with van der Waals surface area (Å²) in [6.45, 7) is 7.77. The fraction of sp³-hybridized carbons (Fsp3) is 0.625. The second-order valence-corrected chi connectivity index (χ2v) is 6.69. The number of rotatable bonds is 6. The van der Waals surface area contributed by atoms with E-state index in [2.05, 4.69) is 26.1 Å². The van der Waals surface area contributed by atoms with E-state index in [1.54, 1.807) is 6.07 Å². The van der Waals surface area contributed by atoms with Gasteiger partial charge in [-0.05, 0) is 37.6 Å². The highest BCUT2D eigenvalue weighted by molar-refractivity contribution is 6.34. The normalized spacial score (nSPS) is 29.1. The van der Waals surface area contributed by atoms with Crippen LogP contribution in [0.5, 0.6) is 5.75 Å². The highest BCUT2D eigenvalue weighted by atomic mass is 35.5. The van der Waals surface area contributed by atoms with Gasteiger partial charge >= 0.3 is 0 Å². The lowest BCUT2D eigenvalue weighted by Crippen LogP contribution is -2.63. The molecule has 3 atom stereocenters. The average Bonchev–Trinajstić information content (AvgIpc) is 2.40. The Morgan fingerprint density at radius 1 is 1.25 bits per heavy atom. The molecule has 0 aliphatic heterocycles. The Morgan fingerprint density at radius 2 is 1.90 bits per heavy atom. The van der Waals surface area contributed by atoms with E-state index < -0.39 is 0 Å². The molecule has 2 rings (SSSR count). The summed E-state index contributed by atoms with van der Waals surface area (Å²) in [5.74, 6) is 0.765. The molecule has 1 N–H and O–H groups in total. The minimum Gasteiger partial charge on any atom is -0.490 e. The number of nitrogens with one attached hydrogen (secondary N) is 1. The zero-order valence-electron chi connectivity index (χ0n) is 12.4. The quantitative estimate of drug-likeness (QED) is 0.803. The van der Waals surface area contributed by atoms with Crippen LogP contribution < -0.4 is 10.1 Å².